The fourth-order valence-corrected chi connectivity index (χ4v) is 3.94. The molecule has 2 amide bonds. The number of hydrogen-bond donors (Lipinski definition) is 2. The topological polar surface area (TPSA) is 134 Å². The van der Waals surface area contributed by atoms with Gasteiger partial charge in [-0.2, -0.15) is 0 Å². The molecule has 3 rings (SSSR count). The Morgan fingerprint density at radius 2 is 1.76 bits per heavy atom. The highest BCUT2D eigenvalue weighted by molar-refractivity contribution is 7.99. The molecule has 0 saturated heterocycles. The maximum Gasteiger partial charge on any atom is 0.338 e. The minimum atomic E-state index is -0.413. The molecule has 0 spiro atoms. The Bertz CT molecular complexity index is 1310. The smallest absolute Gasteiger partial charge is 0.338 e. The van der Waals surface area contributed by atoms with Crippen molar-refractivity contribution in [1.82, 2.24) is 20.1 Å². The lowest BCUT2D eigenvalue weighted by molar-refractivity contribution is -0.116. The van der Waals surface area contributed by atoms with Crippen LogP contribution in [0.5, 0.6) is 11.5 Å². The SMILES string of the molecule is CCOC(=O)c1ccc(NC(=O)CSc2nnc(CNC(=O)C=Cc3ccc(OC)c(OC)c3)n2C)cc1. The number of esters is 1. The highest BCUT2D eigenvalue weighted by Crippen LogP contribution is 2.28. The zero-order valence-electron chi connectivity index (χ0n) is 21.5. The van der Waals surface area contributed by atoms with E-state index in [0.29, 0.717) is 40.3 Å². The van der Waals surface area contributed by atoms with Crippen LogP contribution in [0.1, 0.15) is 28.7 Å². The summed E-state index contributed by atoms with van der Waals surface area (Å²) in [6, 6.07) is 11.8. The first-order valence-corrected chi connectivity index (χ1v) is 12.6. The van der Waals surface area contributed by atoms with Gasteiger partial charge < -0.3 is 29.4 Å². The fourth-order valence-electron chi connectivity index (χ4n) is 3.21. The highest BCUT2D eigenvalue weighted by atomic mass is 32.2. The number of nitrogens with zero attached hydrogens (tertiary/aromatic N) is 3. The van der Waals surface area contributed by atoms with Gasteiger partial charge in [-0.25, -0.2) is 4.79 Å². The molecule has 1 heterocycles. The van der Waals surface area contributed by atoms with Crippen molar-refractivity contribution in [1.29, 1.82) is 0 Å². The van der Waals surface area contributed by atoms with Gasteiger partial charge in [-0.1, -0.05) is 17.8 Å². The number of rotatable bonds is 12. The summed E-state index contributed by atoms with van der Waals surface area (Å²) < 4.78 is 17.1. The van der Waals surface area contributed by atoms with Crippen molar-refractivity contribution < 1.29 is 28.6 Å². The number of methoxy groups -OCH3 is 2. The van der Waals surface area contributed by atoms with Crippen molar-refractivity contribution >= 4 is 41.3 Å². The molecule has 0 unspecified atom stereocenters. The Morgan fingerprint density at radius 3 is 2.45 bits per heavy atom. The molecule has 3 aromatic rings. The Labute approximate surface area is 224 Å². The Kier molecular flexibility index (Phi) is 10.3. The van der Waals surface area contributed by atoms with Gasteiger partial charge in [0.2, 0.25) is 11.8 Å². The molecule has 0 atom stereocenters. The van der Waals surface area contributed by atoms with Gasteiger partial charge in [0.15, 0.2) is 22.5 Å². The van der Waals surface area contributed by atoms with E-state index in [0.717, 1.165) is 5.56 Å². The second-order valence-corrected chi connectivity index (χ2v) is 8.70. The van der Waals surface area contributed by atoms with Crippen LogP contribution in [0.3, 0.4) is 0 Å². The quantitative estimate of drug-likeness (QED) is 0.202. The summed E-state index contributed by atoms with van der Waals surface area (Å²) in [5.41, 5.74) is 1.75. The largest absolute Gasteiger partial charge is 0.493 e. The average Bonchev–Trinajstić information content (AvgIpc) is 3.28. The van der Waals surface area contributed by atoms with E-state index in [1.165, 1.54) is 17.8 Å². The highest BCUT2D eigenvalue weighted by Gasteiger charge is 2.13. The van der Waals surface area contributed by atoms with E-state index in [-0.39, 0.29) is 24.1 Å². The van der Waals surface area contributed by atoms with Crippen molar-refractivity contribution in [2.45, 2.75) is 18.6 Å². The second-order valence-electron chi connectivity index (χ2n) is 7.76. The molecule has 2 aromatic carbocycles. The van der Waals surface area contributed by atoms with E-state index in [1.807, 2.05) is 6.07 Å². The van der Waals surface area contributed by atoms with Gasteiger partial charge in [-0.15, -0.1) is 10.2 Å². The van der Waals surface area contributed by atoms with Crippen LogP contribution in [0.4, 0.5) is 5.69 Å². The predicted octanol–water partition coefficient (Wildman–Crippen LogP) is 3.07. The summed E-state index contributed by atoms with van der Waals surface area (Å²) in [5, 5.41) is 14.3. The van der Waals surface area contributed by atoms with Crippen LogP contribution in [0.15, 0.2) is 53.7 Å². The number of amides is 2. The molecule has 38 heavy (non-hydrogen) atoms. The molecule has 0 fully saturated rings. The van der Waals surface area contributed by atoms with Crippen LogP contribution >= 0.6 is 11.8 Å². The molecule has 0 radical (unpaired) electrons. The lowest BCUT2D eigenvalue weighted by atomic mass is 10.2. The molecule has 0 aliphatic carbocycles. The minimum absolute atomic E-state index is 0.103. The van der Waals surface area contributed by atoms with Crippen LogP contribution in [-0.2, 0) is 27.9 Å². The van der Waals surface area contributed by atoms with E-state index in [4.69, 9.17) is 14.2 Å². The zero-order chi connectivity index (χ0) is 27.5. The van der Waals surface area contributed by atoms with Gasteiger partial charge in [-0.05, 0) is 55.0 Å². The zero-order valence-corrected chi connectivity index (χ0v) is 22.3. The molecule has 12 heteroatoms. The summed E-state index contributed by atoms with van der Waals surface area (Å²) in [6.07, 6.45) is 3.08. The first-order chi connectivity index (χ1) is 18.3. The molecule has 0 bridgehead atoms. The number of benzene rings is 2. The van der Waals surface area contributed by atoms with Crippen molar-refractivity contribution in [2.75, 3.05) is 31.9 Å². The molecular formula is C26H29N5O6S. The summed E-state index contributed by atoms with van der Waals surface area (Å²) in [7, 11) is 4.86. The van der Waals surface area contributed by atoms with Gasteiger partial charge in [-0.3, -0.25) is 9.59 Å². The van der Waals surface area contributed by atoms with Crippen molar-refractivity contribution in [3.63, 3.8) is 0 Å². The maximum atomic E-state index is 12.3. The van der Waals surface area contributed by atoms with E-state index < -0.39 is 5.97 Å². The number of thioether (sulfide) groups is 1. The molecule has 0 aliphatic heterocycles. The first-order valence-electron chi connectivity index (χ1n) is 11.6. The van der Waals surface area contributed by atoms with Gasteiger partial charge in [0.25, 0.3) is 0 Å². The number of nitrogens with one attached hydrogen (secondary N) is 2. The molecule has 11 nitrogen and oxygen atoms in total. The van der Waals surface area contributed by atoms with Crippen molar-refractivity contribution in [2.24, 2.45) is 7.05 Å². The maximum absolute atomic E-state index is 12.3. The molecule has 0 saturated carbocycles. The average molecular weight is 540 g/mol. The second kappa shape index (κ2) is 13.8. The lowest BCUT2D eigenvalue weighted by Gasteiger charge is -2.07. The normalized spacial score (nSPS) is 10.7. The number of anilines is 1. The van der Waals surface area contributed by atoms with Crippen molar-refractivity contribution in [3.05, 3.63) is 65.5 Å². The third-order valence-corrected chi connectivity index (χ3v) is 6.21. The first kappa shape index (κ1) is 28.3. The van der Waals surface area contributed by atoms with E-state index in [9.17, 15) is 14.4 Å². The van der Waals surface area contributed by atoms with Crippen molar-refractivity contribution in [3.8, 4) is 11.5 Å². The van der Waals surface area contributed by atoms with Gasteiger partial charge in [0, 0.05) is 18.8 Å². The third kappa shape index (κ3) is 7.84. The fraction of sp³-hybridized carbons (Fsp3) is 0.269. The van der Waals surface area contributed by atoms with E-state index in [1.54, 1.807) is 75.2 Å². The third-order valence-electron chi connectivity index (χ3n) is 5.19. The van der Waals surface area contributed by atoms with Crippen LogP contribution in [0.25, 0.3) is 6.08 Å². The molecular weight excluding hydrogens is 510 g/mol. The summed E-state index contributed by atoms with van der Waals surface area (Å²) in [6.45, 7) is 2.20. The van der Waals surface area contributed by atoms with Crippen LogP contribution in [-0.4, -0.2) is 59.1 Å². The lowest BCUT2D eigenvalue weighted by Crippen LogP contribution is -2.22. The number of carbonyl (C=O) groups excluding carboxylic acids is 3. The number of ether oxygens (including phenoxy) is 3. The predicted molar refractivity (Wildman–Crippen MR) is 143 cm³/mol. The summed E-state index contributed by atoms with van der Waals surface area (Å²) in [4.78, 5) is 36.3. The van der Waals surface area contributed by atoms with Crippen LogP contribution < -0.4 is 20.1 Å². The number of aromatic nitrogens is 3. The minimum Gasteiger partial charge on any atom is -0.493 e. The van der Waals surface area contributed by atoms with Gasteiger partial charge in [0.1, 0.15) is 0 Å². The monoisotopic (exact) mass is 539 g/mol. The Hall–Kier alpha value is -4.32. The molecule has 200 valence electrons. The summed E-state index contributed by atoms with van der Waals surface area (Å²) >= 11 is 1.21. The van der Waals surface area contributed by atoms with E-state index in [2.05, 4.69) is 20.8 Å². The molecule has 2 N–H and O–H groups in total. The van der Waals surface area contributed by atoms with Crippen LogP contribution in [0.2, 0.25) is 0 Å². The van der Waals surface area contributed by atoms with Gasteiger partial charge in [0.05, 0.1) is 38.7 Å². The van der Waals surface area contributed by atoms with Crippen LogP contribution in [0, 0.1) is 0 Å². The number of hydrogen-bond acceptors (Lipinski definition) is 9. The summed E-state index contributed by atoms with van der Waals surface area (Å²) in [5.74, 6) is 0.861. The van der Waals surface area contributed by atoms with Gasteiger partial charge >= 0.3 is 5.97 Å². The number of carbonyl (C=O) groups is 3. The molecule has 0 aliphatic rings. The Morgan fingerprint density at radius 1 is 1.03 bits per heavy atom. The molecule has 1 aromatic heterocycles. The van der Waals surface area contributed by atoms with E-state index >= 15 is 0 Å². The standard InChI is InChI=1S/C26H29N5O6S/c1-5-37-25(34)18-8-10-19(11-9-18)28-24(33)16-38-26-30-29-22(31(26)2)15-27-23(32)13-7-17-6-12-20(35-3)21(14-17)36-4/h6-14H,5,15-16H2,1-4H3,(H,27,32)(H,28,33). The Balaban J connectivity index is 1.47.